The van der Waals surface area contributed by atoms with Crippen LogP contribution in [0.15, 0.2) is 18.3 Å². The number of aromatic nitrogens is 4. The fraction of sp³-hybridized carbons (Fsp3) is 0.429. The molecule has 0 saturated heterocycles. The highest BCUT2D eigenvalue weighted by atomic mass is 16.5. The number of carbonyl (C=O) groups is 1. The molecule has 2 heterocycles. The molecule has 0 bridgehead atoms. The second-order valence-electron chi connectivity index (χ2n) is 4.53. The van der Waals surface area contributed by atoms with E-state index in [9.17, 15) is 4.79 Å². The largest absolute Gasteiger partial charge is 0.481 e. The van der Waals surface area contributed by atoms with Gasteiger partial charge in [0, 0.05) is 19.2 Å². The van der Waals surface area contributed by atoms with E-state index in [0.717, 1.165) is 6.42 Å². The van der Waals surface area contributed by atoms with Gasteiger partial charge in [0.05, 0.1) is 19.8 Å². The Labute approximate surface area is 128 Å². The number of ether oxygens (including phenoxy) is 2. The molecule has 8 heteroatoms. The monoisotopic (exact) mass is 305 g/mol. The maximum absolute atomic E-state index is 11.0. The first kappa shape index (κ1) is 15.7. The van der Waals surface area contributed by atoms with Crippen LogP contribution in [0.1, 0.15) is 29.7 Å². The summed E-state index contributed by atoms with van der Waals surface area (Å²) < 4.78 is 12.2. The van der Waals surface area contributed by atoms with E-state index >= 15 is 0 Å². The standard InChI is InChI=1S/C14H19N5O3/c1-3-22-13-9-12(21-2)16-11(17-13)5-4-7-19-8-6-10(18-19)14(15)20/h6,8-9H,3-5,7H2,1-2H3,(H2,15,20). The third-order valence-corrected chi connectivity index (χ3v) is 2.91. The molecule has 22 heavy (non-hydrogen) atoms. The highest BCUT2D eigenvalue weighted by Crippen LogP contribution is 2.16. The van der Waals surface area contributed by atoms with Gasteiger partial charge in [0.25, 0.3) is 5.91 Å². The van der Waals surface area contributed by atoms with Gasteiger partial charge in [-0.15, -0.1) is 0 Å². The molecule has 1 amide bonds. The van der Waals surface area contributed by atoms with Crippen LogP contribution in [-0.2, 0) is 13.0 Å². The molecule has 118 valence electrons. The van der Waals surface area contributed by atoms with Gasteiger partial charge in [0.1, 0.15) is 11.5 Å². The Kier molecular flexibility index (Phi) is 5.29. The van der Waals surface area contributed by atoms with Crippen molar-refractivity contribution in [1.29, 1.82) is 0 Å². The Morgan fingerprint density at radius 1 is 1.36 bits per heavy atom. The zero-order chi connectivity index (χ0) is 15.9. The van der Waals surface area contributed by atoms with Gasteiger partial charge < -0.3 is 15.2 Å². The number of carbonyl (C=O) groups excluding carboxylic acids is 1. The quantitative estimate of drug-likeness (QED) is 0.773. The van der Waals surface area contributed by atoms with E-state index in [-0.39, 0.29) is 5.69 Å². The maximum atomic E-state index is 11.0. The molecular formula is C14H19N5O3. The minimum atomic E-state index is -0.531. The normalized spacial score (nSPS) is 10.5. The fourth-order valence-corrected chi connectivity index (χ4v) is 1.90. The fourth-order valence-electron chi connectivity index (χ4n) is 1.90. The number of primary amides is 1. The summed E-state index contributed by atoms with van der Waals surface area (Å²) in [6, 6.07) is 3.25. The van der Waals surface area contributed by atoms with Crippen molar-refractivity contribution in [2.75, 3.05) is 13.7 Å². The second kappa shape index (κ2) is 7.39. The summed E-state index contributed by atoms with van der Waals surface area (Å²) >= 11 is 0. The molecule has 2 rings (SSSR count). The molecule has 0 fully saturated rings. The van der Waals surface area contributed by atoms with Crippen LogP contribution in [0.25, 0.3) is 0 Å². The summed E-state index contributed by atoms with van der Waals surface area (Å²) in [4.78, 5) is 19.6. The number of hydrogen-bond donors (Lipinski definition) is 1. The zero-order valence-corrected chi connectivity index (χ0v) is 12.7. The van der Waals surface area contributed by atoms with Gasteiger partial charge in [-0.2, -0.15) is 15.1 Å². The first-order chi connectivity index (χ1) is 10.6. The number of aryl methyl sites for hydroxylation is 2. The van der Waals surface area contributed by atoms with Crippen LogP contribution < -0.4 is 15.2 Å². The molecule has 0 aliphatic heterocycles. The van der Waals surface area contributed by atoms with E-state index in [1.807, 2.05) is 6.92 Å². The Bertz CT molecular complexity index is 641. The van der Waals surface area contributed by atoms with Crippen LogP contribution in [0.3, 0.4) is 0 Å². The van der Waals surface area contributed by atoms with E-state index in [2.05, 4.69) is 15.1 Å². The van der Waals surface area contributed by atoms with Crippen LogP contribution in [0.2, 0.25) is 0 Å². The summed E-state index contributed by atoms with van der Waals surface area (Å²) in [7, 11) is 1.55. The van der Waals surface area contributed by atoms with Crippen molar-refractivity contribution in [3.63, 3.8) is 0 Å². The molecular weight excluding hydrogens is 286 g/mol. The average molecular weight is 305 g/mol. The first-order valence-electron chi connectivity index (χ1n) is 7.00. The van der Waals surface area contributed by atoms with Gasteiger partial charge in [0.15, 0.2) is 0 Å². The SMILES string of the molecule is CCOc1cc(OC)nc(CCCn2ccc(C(N)=O)n2)n1. The lowest BCUT2D eigenvalue weighted by atomic mass is 10.3. The van der Waals surface area contributed by atoms with E-state index in [1.54, 1.807) is 30.1 Å². The molecule has 2 aromatic rings. The Morgan fingerprint density at radius 2 is 2.14 bits per heavy atom. The molecule has 0 aromatic carbocycles. The lowest BCUT2D eigenvalue weighted by Gasteiger charge is -2.07. The van der Waals surface area contributed by atoms with Crippen molar-refractivity contribution in [2.45, 2.75) is 26.3 Å². The van der Waals surface area contributed by atoms with Crippen molar-refractivity contribution in [1.82, 2.24) is 19.7 Å². The topological polar surface area (TPSA) is 105 Å². The maximum Gasteiger partial charge on any atom is 0.269 e. The summed E-state index contributed by atoms with van der Waals surface area (Å²) in [5, 5.41) is 4.07. The Hall–Kier alpha value is -2.64. The molecule has 0 atom stereocenters. The van der Waals surface area contributed by atoms with Crippen LogP contribution in [-0.4, -0.2) is 39.4 Å². The molecule has 2 N–H and O–H groups in total. The minimum absolute atomic E-state index is 0.260. The van der Waals surface area contributed by atoms with Gasteiger partial charge in [-0.05, 0) is 19.4 Å². The molecule has 0 radical (unpaired) electrons. The van der Waals surface area contributed by atoms with Gasteiger partial charge >= 0.3 is 0 Å². The predicted octanol–water partition coefficient (Wildman–Crippen LogP) is 0.812. The zero-order valence-electron chi connectivity index (χ0n) is 12.7. The lowest BCUT2D eigenvalue weighted by molar-refractivity contribution is 0.0994. The number of nitrogens with zero attached hydrogens (tertiary/aromatic N) is 4. The smallest absolute Gasteiger partial charge is 0.269 e. The number of methoxy groups -OCH3 is 1. The second-order valence-corrected chi connectivity index (χ2v) is 4.53. The van der Waals surface area contributed by atoms with Crippen molar-refractivity contribution in [2.24, 2.45) is 5.73 Å². The number of nitrogens with two attached hydrogens (primary N) is 1. The molecule has 2 aromatic heterocycles. The lowest BCUT2D eigenvalue weighted by Crippen LogP contribution is -2.12. The summed E-state index contributed by atoms with van der Waals surface area (Å²) in [6.45, 7) is 3.06. The Morgan fingerprint density at radius 3 is 2.77 bits per heavy atom. The van der Waals surface area contributed by atoms with Crippen molar-refractivity contribution < 1.29 is 14.3 Å². The van der Waals surface area contributed by atoms with Gasteiger partial charge in [-0.1, -0.05) is 0 Å². The van der Waals surface area contributed by atoms with Crippen molar-refractivity contribution in [3.05, 3.63) is 29.8 Å². The predicted molar refractivity (Wildman–Crippen MR) is 78.8 cm³/mol. The van der Waals surface area contributed by atoms with Gasteiger partial charge in [-0.3, -0.25) is 9.48 Å². The van der Waals surface area contributed by atoms with Crippen LogP contribution >= 0.6 is 0 Å². The van der Waals surface area contributed by atoms with E-state index in [0.29, 0.717) is 37.2 Å². The molecule has 8 nitrogen and oxygen atoms in total. The highest BCUT2D eigenvalue weighted by Gasteiger charge is 2.07. The molecule has 0 spiro atoms. The van der Waals surface area contributed by atoms with Gasteiger partial charge in [0.2, 0.25) is 11.8 Å². The highest BCUT2D eigenvalue weighted by molar-refractivity contribution is 5.90. The minimum Gasteiger partial charge on any atom is -0.481 e. The third-order valence-electron chi connectivity index (χ3n) is 2.91. The molecule has 0 saturated carbocycles. The summed E-state index contributed by atoms with van der Waals surface area (Å²) in [6.07, 6.45) is 3.12. The molecule has 0 unspecified atom stereocenters. The number of amides is 1. The molecule has 0 aliphatic rings. The number of rotatable bonds is 8. The first-order valence-corrected chi connectivity index (χ1v) is 7.00. The van der Waals surface area contributed by atoms with Crippen LogP contribution in [0, 0.1) is 0 Å². The number of hydrogen-bond acceptors (Lipinski definition) is 6. The van der Waals surface area contributed by atoms with E-state index in [4.69, 9.17) is 15.2 Å². The van der Waals surface area contributed by atoms with Crippen molar-refractivity contribution in [3.8, 4) is 11.8 Å². The summed E-state index contributed by atoms with van der Waals surface area (Å²) in [5.41, 5.74) is 5.42. The van der Waals surface area contributed by atoms with E-state index in [1.165, 1.54) is 0 Å². The third kappa shape index (κ3) is 4.18. The van der Waals surface area contributed by atoms with Crippen molar-refractivity contribution >= 4 is 5.91 Å². The van der Waals surface area contributed by atoms with E-state index < -0.39 is 5.91 Å². The van der Waals surface area contributed by atoms with Gasteiger partial charge in [-0.25, -0.2) is 0 Å². The summed E-state index contributed by atoms with van der Waals surface area (Å²) in [5.74, 6) is 1.09. The Balaban J connectivity index is 1.95. The average Bonchev–Trinajstić information content (AvgIpc) is 2.96. The molecule has 0 aliphatic carbocycles. The van der Waals surface area contributed by atoms with Crippen LogP contribution in [0.5, 0.6) is 11.8 Å². The van der Waals surface area contributed by atoms with Crippen LogP contribution in [0.4, 0.5) is 0 Å².